The molecule has 1 heterocycles. The standard InChI is InChI=1S/C29H26F3N3O5S/c1-34(2)25-15-22(13-14-24(25)28(36)37)41(38,39)35(17-18-7-11-21(12-8-18)40-29(30,31)32)27-26(19-9-10-19)23-6-4-3-5-20(23)16-33-27/h3-8,11-16,19H,9-10,17H2,1-2H3,(H,36,37). The largest absolute Gasteiger partial charge is 0.573 e. The average molecular weight is 586 g/mol. The molecule has 4 aromatic rings. The fourth-order valence-electron chi connectivity index (χ4n) is 4.73. The second kappa shape index (κ2) is 10.6. The SMILES string of the molecule is CN(C)c1cc(S(=O)(=O)N(Cc2ccc(OC(F)(F)F)cc2)c2ncc3ccccc3c2C2CC2)ccc1C(=O)O. The van der Waals surface area contributed by atoms with Gasteiger partial charge in [-0.3, -0.25) is 0 Å². The minimum atomic E-state index is -4.86. The van der Waals surface area contributed by atoms with Crippen molar-refractivity contribution < 1.29 is 36.2 Å². The van der Waals surface area contributed by atoms with Gasteiger partial charge in [-0.25, -0.2) is 22.5 Å². The number of hydrogen-bond acceptors (Lipinski definition) is 6. The molecule has 0 radical (unpaired) electrons. The number of nitrogens with zero attached hydrogens (tertiary/aromatic N) is 3. The number of anilines is 2. The number of sulfonamides is 1. The van der Waals surface area contributed by atoms with E-state index in [1.807, 2.05) is 24.3 Å². The van der Waals surface area contributed by atoms with E-state index in [0.717, 1.165) is 45.6 Å². The van der Waals surface area contributed by atoms with Crippen molar-refractivity contribution in [3.63, 3.8) is 0 Å². The molecule has 0 bridgehead atoms. The number of fused-ring (bicyclic) bond motifs is 1. The van der Waals surface area contributed by atoms with Crippen molar-refractivity contribution in [2.75, 3.05) is 23.3 Å². The van der Waals surface area contributed by atoms with Gasteiger partial charge in [0, 0.05) is 31.2 Å². The van der Waals surface area contributed by atoms with Crippen LogP contribution in [0.15, 0.2) is 77.8 Å². The number of carboxylic acid groups (broad SMARTS) is 1. The zero-order chi connectivity index (χ0) is 29.5. The summed E-state index contributed by atoms with van der Waals surface area (Å²) in [7, 11) is -1.13. The van der Waals surface area contributed by atoms with Crippen LogP contribution in [-0.4, -0.2) is 44.9 Å². The van der Waals surface area contributed by atoms with Crippen LogP contribution in [0.5, 0.6) is 5.75 Å². The molecule has 8 nitrogen and oxygen atoms in total. The maximum absolute atomic E-state index is 14.3. The first kappa shape index (κ1) is 28.2. The van der Waals surface area contributed by atoms with Gasteiger partial charge in [0.05, 0.1) is 22.7 Å². The zero-order valence-corrected chi connectivity index (χ0v) is 22.9. The van der Waals surface area contributed by atoms with Gasteiger partial charge < -0.3 is 14.7 Å². The molecule has 1 aliphatic carbocycles. The molecule has 0 spiro atoms. The molecule has 1 aromatic heterocycles. The predicted molar refractivity (Wildman–Crippen MR) is 148 cm³/mol. The van der Waals surface area contributed by atoms with Crippen LogP contribution in [0.25, 0.3) is 10.8 Å². The van der Waals surface area contributed by atoms with E-state index in [-0.39, 0.29) is 34.4 Å². The molecular formula is C29H26F3N3O5S. The Bertz CT molecular complexity index is 1720. The first-order chi connectivity index (χ1) is 19.3. The van der Waals surface area contributed by atoms with Gasteiger partial charge in [-0.15, -0.1) is 13.2 Å². The van der Waals surface area contributed by atoms with Crippen LogP contribution in [0.4, 0.5) is 24.7 Å². The van der Waals surface area contributed by atoms with Gasteiger partial charge in [0.25, 0.3) is 10.0 Å². The number of carbonyl (C=O) groups is 1. The molecule has 0 aliphatic heterocycles. The van der Waals surface area contributed by atoms with Crippen LogP contribution in [0.3, 0.4) is 0 Å². The first-order valence-corrected chi connectivity index (χ1v) is 14.1. The van der Waals surface area contributed by atoms with E-state index < -0.39 is 28.1 Å². The third-order valence-corrected chi connectivity index (χ3v) is 8.52. The monoisotopic (exact) mass is 585 g/mol. The summed E-state index contributed by atoms with van der Waals surface area (Å²) in [4.78, 5) is 17.7. The van der Waals surface area contributed by atoms with Gasteiger partial charge in [-0.2, -0.15) is 0 Å². The molecule has 1 saturated carbocycles. The number of aromatic carboxylic acids is 1. The molecule has 1 aliphatic rings. The molecule has 3 aromatic carbocycles. The van der Waals surface area contributed by atoms with E-state index in [1.165, 1.54) is 35.2 Å². The van der Waals surface area contributed by atoms with E-state index in [0.29, 0.717) is 5.56 Å². The lowest BCUT2D eigenvalue weighted by Crippen LogP contribution is -2.32. The average Bonchev–Trinajstić information content (AvgIpc) is 3.76. The highest BCUT2D eigenvalue weighted by molar-refractivity contribution is 7.92. The van der Waals surface area contributed by atoms with Crippen molar-refractivity contribution in [2.45, 2.75) is 36.6 Å². The lowest BCUT2D eigenvalue weighted by molar-refractivity contribution is -0.274. The fourth-order valence-corrected chi connectivity index (χ4v) is 6.18. The van der Waals surface area contributed by atoms with Crippen LogP contribution in [0.2, 0.25) is 0 Å². The van der Waals surface area contributed by atoms with Crippen molar-refractivity contribution in [1.29, 1.82) is 0 Å². The molecule has 214 valence electrons. The molecule has 0 atom stereocenters. The maximum Gasteiger partial charge on any atom is 0.573 e. The zero-order valence-electron chi connectivity index (χ0n) is 22.1. The van der Waals surface area contributed by atoms with Crippen molar-refractivity contribution in [3.05, 3.63) is 89.6 Å². The summed E-state index contributed by atoms with van der Waals surface area (Å²) in [5, 5.41) is 11.3. The van der Waals surface area contributed by atoms with Crippen molar-refractivity contribution in [3.8, 4) is 5.75 Å². The number of alkyl halides is 3. The van der Waals surface area contributed by atoms with Crippen LogP contribution in [0, 0.1) is 0 Å². The minimum Gasteiger partial charge on any atom is -0.478 e. The van der Waals surface area contributed by atoms with E-state index in [4.69, 9.17) is 0 Å². The Morgan fingerprint density at radius 2 is 1.73 bits per heavy atom. The highest BCUT2D eigenvalue weighted by atomic mass is 32.2. The number of halogens is 3. The summed E-state index contributed by atoms with van der Waals surface area (Å²) >= 11 is 0. The molecule has 41 heavy (non-hydrogen) atoms. The molecular weight excluding hydrogens is 559 g/mol. The smallest absolute Gasteiger partial charge is 0.478 e. The minimum absolute atomic E-state index is 0.0664. The van der Waals surface area contributed by atoms with Gasteiger partial charge in [0.2, 0.25) is 0 Å². The lowest BCUT2D eigenvalue weighted by Gasteiger charge is -2.27. The summed E-state index contributed by atoms with van der Waals surface area (Å²) in [6.45, 7) is -0.238. The Morgan fingerprint density at radius 1 is 1.05 bits per heavy atom. The summed E-state index contributed by atoms with van der Waals surface area (Å²) < 4.78 is 71.8. The van der Waals surface area contributed by atoms with Gasteiger partial charge in [-0.1, -0.05) is 36.4 Å². The normalized spacial score (nSPS) is 13.7. The van der Waals surface area contributed by atoms with Gasteiger partial charge in [0.15, 0.2) is 0 Å². The maximum atomic E-state index is 14.3. The van der Waals surface area contributed by atoms with Gasteiger partial charge in [-0.05, 0) is 60.0 Å². The second-order valence-electron chi connectivity index (χ2n) is 9.94. The number of hydrogen-bond donors (Lipinski definition) is 1. The van der Waals surface area contributed by atoms with E-state index >= 15 is 0 Å². The third kappa shape index (κ3) is 5.92. The fraction of sp³-hybridized carbons (Fsp3) is 0.241. The van der Waals surface area contributed by atoms with Crippen LogP contribution in [-0.2, 0) is 16.6 Å². The second-order valence-corrected chi connectivity index (χ2v) is 11.8. The number of carboxylic acids is 1. The Kier molecular flexibility index (Phi) is 7.28. The number of aromatic nitrogens is 1. The Balaban J connectivity index is 1.66. The highest BCUT2D eigenvalue weighted by Crippen LogP contribution is 2.48. The molecule has 1 N–H and O–H groups in total. The third-order valence-electron chi connectivity index (χ3n) is 6.79. The number of pyridine rings is 1. The molecule has 12 heteroatoms. The topological polar surface area (TPSA) is 100 Å². The summed E-state index contributed by atoms with van der Waals surface area (Å²) in [5.41, 5.74) is 1.30. The molecule has 1 fully saturated rings. The molecule has 5 rings (SSSR count). The predicted octanol–water partition coefficient (Wildman–Crippen LogP) is 6.17. The van der Waals surface area contributed by atoms with Gasteiger partial charge in [0.1, 0.15) is 11.6 Å². The summed E-state index contributed by atoms with van der Waals surface area (Å²) in [6.07, 6.45) is -1.55. The van der Waals surface area contributed by atoms with Crippen molar-refractivity contribution >= 4 is 38.3 Å². The molecule has 0 saturated heterocycles. The van der Waals surface area contributed by atoms with Crippen LogP contribution < -0.4 is 13.9 Å². The lowest BCUT2D eigenvalue weighted by atomic mass is 10.0. The summed E-state index contributed by atoms with van der Waals surface area (Å²) in [5.74, 6) is -1.33. The quantitative estimate of drug-likeness (QED) is 0.251. The van der Waals surface area contributed by atoms with Crippen LogP contribution >= 0.6 is 0 Å². The Morgan fingerprint density at radius 3 is 2.34 bits per heavy atom. The Labute approximate surface area is 234 Å². The summed E-state index contributed by atoms with van der Waals surface area (Å²) in [6, 6.07) is 16.3. The molecule has 0 unspecified atom stereocenters. The number of benzene rings is 3. The number of ether oxygens (including phenoxy) is 1. The first-order valence-electron chi connectivity index (χ1n) is 12.6. The van der Waals surface area contributed by atoms with E-state index in [1.54, 1.807) is 20.3 Å². The van der Waals surface area contributed by atoms with Crippen molar-refractivity contribution in [2.24, 2.45) is 0 Å². The van der Waals surface area contributed by atoms with E-state index in [9.17, 15) is 31.5 Å². The number of rotatable bonds is 9. The Hall–Kier alpha value is -4.32. The van der Waals surface area contributed by atoms with Crippen LogP contribution in [0.1, 0.15) is 40.2 Å². The molecule has 0 amide bonds. The highest BCUT2D eigenvalue weighted by Gasteiger charge is 2.36. The van der Waals surface area contributed by atoms with E-state index in [2.05, 4.69) is 9.72 Å². The van der Waals surface area contributed by atoms with Crippen molar-refractivity contribution in [1.82, 2.24) is 4.98 Å². The van der Waals surface area contributed by atoms with Gasteiger partial charge >= 0.3 is 12.3 Å².